The summed E-state index contributed by atoms with van der Waals surface area (Å²) in [5.74, 6) is 0.224. The number of carbonyl (C=O) groups excluding carboxylic acids is 1. The molecule has 0 N–H and O–H groups in total. The molecule has 0 aliphatic rings. The number of hydrogen-bond acceptors (Lipinski definition) is 2. The van der Waals surface area contributed by atoms with E-state index in [4.69, 9.17) is 11.6 Å². The summed E-state index contributed by atoms with van der Waals surface area (Å²) < 4.78 is 0.139. The molecule has 1 aromatic rings. The van der Waals surface area contributed by atoms with Crippen molar-refractivity contribution in [1.29, 1.82) is 0 Å². The van der Waals surface area contributed by atoms with Crippen LogP contribution in [0, 0.1) is 0 Å². The summed E-state index contributed by atoms with van der Waals surface area (Å²) in [6.07, 6.45) is 0.573. The van der Waals surface area contributed by atoms with Gasteiger partial charge in [-0.2, -0.15) is 0 Å². The van der Waals surface area contributed by atoms with Crippen molar-refractivity contribution in [2.24, 2.45) is 0 Å². The van der Waals surface area contributed by atoms with Gasteiger partial charge in [0.2, 0.25) is 0 Å². The molecular formula is C14H19ClOS. The third-order valence-electron chi connectivity index (χ3n) is 2.21. The summed E-state index contributed by atoms with van der Waals surface area (Å²) in [5.41, 5.74) is 1.17. The maximum Gasteiger partial charge on any atom is 0.131 e. The fourth-order valence-corrected chi connectivity index (χ4v) is 3.18. The van der Waals surface area contributed by atoms with Gasteiger partial charge < -0.3 is 0 Å². The number of carbonyl (C=O) groups is 1. The second kappa shape index (κ2) is 5.92. The fourth-order valence-electron chi connectivity index (χ4n) is 1.59. The molecule has 1 nitrogen and oxygen atoms in total. The molecule has 0 heterocycles. The minimum atomic E-state index is 0.139. The first-order valence-corrected chi connectivity index (χ1v) is 6.96. The molecule has 94 valence electrons. The van der Waals surface area contributed by atoms with Gasteiger partial charge in [0.1, 0.15) is 5.78 Å². The molecule has 3 heteroatoms. The molecule has 0 aliphatic carbocycles. The Hall–Kier alpha value is -0.470. The Morgan fingerprint density at radius 3 is 2.24 bits per heavy atom. The highest BCUT2D eigenvalue weighted by molar-refractivity contribution is 8.00. The Balaban J connectivity index is 2.89. The first-order valence-electron chi connectivity index (χ1n) is 5.70. The molecule has 0 aromatic heterocycles. The molecule has 0 saturated carbocycles. The zero-order valence-corrected chi connectivity index (χ0v) is 12.4. The maximum atomic E-state index is 11.3. The lowest BCUT2D eigenvalue weighted by Crippen LogP contribution is -2.13. The molecular weight excluding hydrogens is 252 g/mol. The highest BCUT2D eigenvalue weighted by Crippen LogP contribution is 2.40. The van der Waals surface area contributed by atoms with Crippen molar-refractivity contribution < 1.29 is 4.79 Å². The quantitative estimate of drug-likeness (QED) is 0.775. The van der Waals surface area contributed by atoms with E-state index in [-0.39, 0.29) is 15.8 Å². The van der Waals surface area contributed by atoms with Gasteiger partial charge >= 0.3 is 0 Å². The van der Waals surface area contributed by atoms with Crippen molar-refractivity contribution in [3.63, 3.8) is 0 Å². The number of thioether (sulfide) groups is 1. The molecule has 0 radical (unpaired) electrons. The molecule has 1 rings (SSSR count). The molecule has 0 amide bonds. The maximum absolute atomic E-state index is 11.3. The van der Waals surface area contributed by atoms with E-state index >= 15 is 0 Å². The van der Waals surface area contributed by atoms with Crippen LogP contribution in [0.4, 0.5) is 0 Å². The van der Waals surface area contributed by atoms with Gasteiger partial charge in [-0.1, -0.05) is 44.5 Å². The van der Waals surface area contributed by atoms with E-state index in [0.29, 0.717) is 6.42 Å². The zero-order valence-electron chi connectivity index (χ0n) is 10.8. The number of Topliss-reactive ketones (excluding diaryl/α,β-unsaturated/α-hetero) is 1. The smallest absolute Gasteiger partial charge is 0.131 e. The Labute approximate surface area is 113 Å². The molecule has 1 atom stereocenters. The number of rotatable bonds is 4. The van der Waals surface area contributed by atoms with Gasteiger partial charge in [0.15, 0.2) is 0 Å². The van der Waals surface area contributed by atoms with E-state index in [2.05, 4.69) is 20.8 Å². The third kappa shape index (κ3) is 5.60. The standard InChI is InChI=1S/C14H19ClOS/c1-10(16)9-13(17-14(2,3)4)11-5-7-12(15)8-6-11/h5-8,13H,9H2,1-4H3/t13-/m0/s1. The summed E-state index contributed by atoms with van der Waals surface area (Å²) in [7, 11) is 0. The average Bonchev–Trinajstić information content (AvgIpc) is 2.14. The predicted octanol–water partition coefficient (Wildman–Crippen LogP) is 4.89. The van der Waals surface area contributed by atoms with Crippen LogP contribution in [0.25, 0.3) is 0 Å². The Bertz CT molecular complexity index is 378. The molecule has 17 heavy (non-hydrogen) atoms. The van der Waals surface area contributed by atoms with Crippen molar-refractivity contribution in [2.75, 3.05) is 0 Å². The van der Waals surface area contributed by atoms with Crippen LogP contribution in [0.1, 0.15) is 44.9 Å². The van der Waals surface area contributed by atoms with Gasteiger partial charge in [-0.25, -0.2) is 0 Å². The molecule has 1 aromatic carbocycles. The first-order chi connectivity index (χ1) is 7.78. The number of ketones is 1. The van der Waals surface area contributed by atoms with Crippen LogP contribution in [0.15, 0.2) is 24.3 Å². The second-order valence-corrected chi connectivity index (χ2v) is 7.64. The Morgan fingerprint density at radius 1 is 1.29 bits per heavy atom. The SMILES string of the molecule is CC(=O)C[C@H](SC(C)(C)C)c1ccc(Cl)cc1. The summed E-state index contributed by atoms with van der Waals surface area (Å²) >= 11 is 7.71. The van der Waals surface area contributed by atoms with Gasteiger partial charge in [0, 0.05) is 21.4 Å². The van der Waals surface area contributed by atoms with Gasteiger partial charge in [0.05, 0.1) is 0 Å². The van der Waals surface area contributed by atoms with Crippen LogP contribution in [0.2, 0.25) is 5.02 Å². The van der Waals surface area contributed by atoms with Crippen LogP contribution in [0.3, 0.4) is 0 Å². The number of hydrogen-bond donors (Lipinski definition) is 0. The van der Waals surface area contributed by atoms with Crippen molar-refractivity contribution in [3.8, 4) is 0 Å². The van der Waals surface area contributed by atoms with Crippen molar-refractivity contribution in [1.82, 2.24) is 0 Å². The second-order valence-electron chi connectivity index (χ2n) is 5.18. The molecule has 0 bridgehead atoms. The zero-order chi connectivity index (χ0) is 13.1. The lowest BCUT2D eigenvalue weighted by molar-refractivity contribution is -0.117. The van der Waals surface area contributed by atoms with Gasteiger partial charge in [-0.3, -0.25) is 4.79 Å². The largest absolute Gasteiger partial charge is 0.300 e. The molecule has 0 aliphatic heterocycles. The molecule has 0 unspecified atom stereocenters. The molecule has 0 spiro atoms. The highest BCUT2D eigenvalue weighted by Gasteiger charge is 2.22. The van der Waals surface area contributed by atoms with E-state index in [1.54, 1.807) is 6.92 Å². The first kappa shape index (κ1) is 14.6. The van der Waals surface area contributed by atoms with Crippen LogP contribution in [-0.4, -0.2) is 10.5 Å². The summed E-state index contributed by atoms with van der Waals surface area (Å²) in [6.45, 7) is 8.15. The van der Waals surface area contributed by atoms with Crippen molar-refractivity contribution >= 4 is 29.1 Å². The topological polar surface area (TPSA) is 17.1 Å². The lowest BCUT2D eigenvalue weighted by Gasteiger charge is -2.25. The van der Waals surface area contributed by atoms with E-state index in [1.165, 1.54) is 5.56 Å². The van der Waals surface area contributed by atoms with Crippen molar-refractivity contribution in [2.45, 2.75) is 44.1 Å². The van der Waals surface area contributed by atoms with Gasteiger partial charge in [-0.15, -0.1) is 11.8 Å². The summed E-state index contributed by atoms with van der Waals surface area (Å²) in [5, 5.41) is 0.945. The average molecular weight is 271 g/mol. The third-order valence-corrected chi connectivity index (χ3v) is 3.89. The minimum Gasteiger partial charge on any atom is -0.300 e. The normalized spacial score (nSPS) is 13.5. The predicted molar refractivity (Wildman–Crippen MR) is 76.8 cm³/mol. The monoisotopic (exact) mass is 270 g/mol. The summed E-state index contributed by atoms with van der Waals surface area (Å²) in [4.78, 5) is 11.3. The Morgan fingerprint density at radius 2 is 1.82 bits per heavy atom. The molecule has 0 saturated heterocycles. The van der Waals surface area contributed by atoms with Crippen LogP contribution in [0.5, 0.6) is 0 Å². The number of halogens is 1. The fraction of sp³-hybridized carbons (Fsp3) is 0.500. The van der Waals surface area contributed by atoms with E-state index in [1.807, 2.05) is 36.0 Å². The number of benzene rings is 1. The lowest BCUT2D eigenvalue weighted by atomic mass is 10.1. The highest BCUT2D eigenvalue weighted by atomic mass is 35.5. The van der Waals surface area contributed by atoms with Gasteiger partial charge in [0.25, 0.3) is 0 Å². The van der Waals surface area contributed by atoms with E-state index in [9.17, 15) is 4.79 Å². The van der Waals surface area contributed by atoms with Gasteiger partial charge in [-0.05, 0) is 24.6 Å². The van der Waals surface area contributed by atoms with Crippen LogP contribution < -0.4 is 0 Å². The van der Waals surface area contributed by atoms with Crippen LogP contribution >= 0.6 is 23.4 Å². The van der Waals surface area contributed by atoms with Crippen LogP contribution in [-0.2, 0) is 4.79 Å². The Kier molecular flexibility index (Phi) is 5.08. The minimum absolute atomic E-state index is 0.139. The van der Waals surface area contributed by atoms with E-state index < -0.39 is 0 Å². The van der Waals surface area contributed by atoms with Crippen molar-refractivity contribution in [3.05, 3.63) is 34.9 Å². The van der Waals surface area contributed by atoms with E-state index in [0.717, 1.165) is 5.02 Å². The molecule has 0 fully saturated rings. The summed E-state index contributed by atoms with van der Waals surface area (Å²) in [6, 6.07) is 7.78.